The molecule has 0 amide bonds. The first-order valence-electron chi connectivity index (χ1n) is 6.70. The van der Waals surface area contributed by atoms with E-state index in [9.17, 15) is 5.11 Å². The Balaban J connectivity index is 1.98. The van der Waals surface area contributed by atoms with Gasteiger partial charge in [0, 0.05) is 26.7 Å². The molecule has 100 valence electrons. The van der Waals surface area contributed by atoms with Crippen LogP contribution in [0, 0.1) is 5.92 Å². The summed E-state index contributed by atoms with van der Waals surface area (Å²) in [6, 6.07) is 5.67. The fraction of sp³-hybridized carbons (Fsp3) is 0.600. The molecular weight excluding hydrogens is 226 g/mol. The molecule has 18 heavy (non-hydrogen) atoms. The number of methoxy groups -OCH3 is 1. The molecule has 1 aromatic rings. The van der Waals surface area contributed by atoms with Crippen molar-refractivity contribution < 1.29 is 9.84 Å². The van der Waals surface area contributed by atoms with Gasteiger partial charge in [-0.05, 0) is 29.2 Å². The van der Waals surface area contributed by atoms with E-state index in [2.05, 4.69) is 18.7 Å². The van der Waals surface area contributed by atoms with E-state index >= 15 is 0 Å². The van der Waals surface area contributed by atoms with Crippen molar-refractivity contribution in [3.05, 3.63) is 29.3 Å². The van der Waals surface area contributed by atoms with Crippen LogP contribution in [0.4, 0.5) is 0 Å². The molecule has 1 aliphatic heterocycles. The largest absolute Gasteiger partial charge is 0.508 e. The Hall–Kier alpha value is -1.06. The molecule has 0 spiro atoms. The van der Waals surface area contributed by atoms with Gasteiger partial charge >= 0.3 is 0 Å². The van der Waals surface area contributed by atoms with Crippen LogP contribution in [-0.2, 0) is 17.8 Å². The van der Waals surface area contributed by atoms with Gasteiger partial charge in [-0.3, -0.25) is 4.90 Å². The van der Waals surface area contributed by atoms with Crippen LogP contribution in [0.3, 0.4) is 0 Å². The Morgan fingerprint density at radius 1 is 1.33 bits per heavy atom. The van der Waals surface area contributed by atoms with Crippen LogP contribution in [0.5, 0.6) is 5.75 Å². The summed E-state index contributed by atoms with van der Waals surface area (Å²) in [5.41, 5.74) is 2.57. The molecule has 0 aliphatic carbocycles. The van der Waals surface area contributed by atoms with Crippen molar-refractivity contribution in [3.63, 3.8) is 0 Å². The van der Waals surface area contributed by atoms with E-state index in [0.29, 0.717) is 11.7 Å². The monoisotopic (exact) mass is 249 g/mol. The fourth-order valence-electron chi connectivity index (χ4n) is 2.58. The second kappa shape index (κ2) is 5.72. The standard InChI is InChI=1S/C15H23NO2/c1-4-11(2)15(18-3)10-16-8-12-5-6-14(17)7-13(12)9-16/h5-7,11,15,17H,4,8-10H2,1-3H3. The summed E-state index contributed by atoms with van der Waals surface area (Å²) >= 11 is 0. The molecule has 0 saturated carbocycles. The van der Waals surface area contributed by atoms with Gasteiger partial charge < -0.3 is 9.84 Å². The lowest BCUT2D eigenvalue weighted by molar-refractivity contribution is 0.0248. The molecule has 3 heteroatoms. The molecule has 0 aromatic heterocycles. The van der Waals surface area contributed by atoms with Crippen molar-refractivity contribution >= 4 is 0 Å². The molecule has 1 N–H and O–H groups in total. The van der Waals surface area contributed by atoms with Gasteiger partial charge in [0.05, 0.1) is 6.10 Å². The van der Waals surface area contributed by atoms with Gasteiger partial charge in [-0.15, -0.1) is 0 Å². The third-order valence-electron chi connectivity index (χ3n) is 4.00. The number of benzene rings is 1. The minimum atomic E-state index is 0.290. The number of ether oxygens (including phenoxy) is 1. The second-order valence-electron chi connectivity index (χ2n) is 5.28. The highest BCUT2D eigenvalue weighted by Gasteiger charge is 2.24. The fourth-order valence-corrected chi connectivity index (χ4v) is 2.58. The van der Waals surface area contributed by atoms with Crippen LogP contribution in [0.2, 0.25) is 0 Å². The number of hydrogen-bond donors (Lipinski definition) is 1. The third kappa shape index (κ3) is 2.85. The predicted octanol–water partition coefficient (Wildman–Crippen LogP) is 2.77. The first kappa shape index (κ1) is 13.4. The summed E-state index contributed by atoms with van der Waals surface area (Å²) in [4.78, 5) is 2.39. The van der Waals surface area contributed by atoms with Crippen LogP contribution < -0.4 is 0 Å². The quantitative estimate of drug-likeness (QED) is 0.871. The minimum absolute atomic E-state index is 0.290. The highest BCUT2D eigenvalue weighted by molar-refractivity contribution is 5.37. The molecule has 2 rings (SSSR count). The highest BCUT2D eigenvalue weighted by atomic mass is 16.5. The summed E-state index contributed by atoms with van der Waals surface area (Å²) in [5, 5.41) is 9.49. The van der Waals surface area contributed by atoms with Gasteiger partial charge in [-0.25, -0.2) is 0 Å². The summed E-state index contributed by atoms with van der Waals surface area (Å²) in [6.07, 6.45) is 1.43. The van der Waals surface area contributed by atoms with E-state index in [1.165, 1.54) is 11.1 Å². The number of phenolic OH excluding ortho intramolecular Hbond substituents is 1. The average molecular weight is 249 g/mol. The number of nitrogens with zero attached hydrogens (tertiary/aromatic N) is 1. The van der Waals surface area contributed by atoms with Crippen LogP contribution in [0.25, 0.3) is 0 Å². The zero-order valence-electron chi connectivity index (χ0n) is 11.5. The topological polar surface area (TPSA) is 32.7 Å². The van der Waals surface area contributed by atoms with Gasteiger partial charge in [0.1, 0.15) is 5.75 Å². The van der Waals surface area contributed by atoms with Crippen molar-refractivity contribution in [1.82, 2.24) is 4.90 Å². The zero-order valence-corrected chi connectivity index (χ0v) is 11.5. The van der Waals surface area contributed by atoms with Crippen molar-refractivity contribution in [2.24, 2.45) is 5.92 Å². The SMILES string of the molecule is CCC(C)C(CN1Cc2ccc(O)cc2C1)OC. The molecule has 1 aliphatic rings. The molecular formula is C15H23NO2. The number of fused-ring (bicyclic) bond motifs is 1. The zero-order chi connectivity index (χ0) is 13.1. The number of hydrogen-bond acceptors (Lipinski definition) is 3. The normalized spacial score (nSPS) is 18.6. The Morgan fingerprint density at radius 3 is 2.72 bits per heavy atom. The van der Waals surface area contributed by atoms with Crippen LogP contribution >= 0.6 is 0 Å². The summed E-state index contributed by atoms with van der Waals surface area (Å²) in [5.74, 6) is 0.938. The van der Waals surface area contributed by atoms with Gasteiger partial charge in [0.15, 0.2) is 0 Å². The molecule has 0 radical (unpaired) electrons. The molecule has 3 nitrogen and oxygen atoms in total. The summed E-state index contributed by atoms with van der Waals surface area (Å²) in [7, 11) is 1.80. The minimum Gasteiger partial charge on any atom is -0.508 e. The van der Waals surface area contributed by atoms with Crippen LogP contribution in [-0.4, -0.2) is 29.8 Å². The maximum atomic E-state index is 9.49. The summed E-state index contributed by atoms with van der Waals surface area (Å²) in [6.45, 7) is 7.28. The van der Waals surface area contributed by atoms with Gasteiger partial charge in [-0.2, -0.15) is 0 Å². The van der Waals surface area contributed by atoms with Crippen LogP contribution in [0.1, 0.15) is 31.4 Å². The van der Waals surface area contributed by atoms with Crippen molar-refractivity contribution in [2.75, 3.05) is 13.7 Å². The maximum absolute atomic E-state index is 9.49. The first-order chi connectivity index (χ1) is 8.63. The van der Waals surface area contributed by atoms with Crippen molar-refractivity contribution in [3.8, 4) is 5.75 Å². The maximum Gasteiger partial charge on any atom is 0.115 e. The van der Waals surface area contributed by atoms with Crippen molar-refractivity contribution in [1.29, 1.82) is 0 Å². The number of phenols is 1. The summed E-state index contributed by atoms with van der Waals surface area (Å²) < 4.78 is 5.60. The van der Waals surface area contributed by atoms with E-state index in [1.54, 1.807) is 13.2 Å². The smallest absolute Gasteiger partial charge is 0.115 e. The lowest BCUT2D eigenvalue weighted by Crippen LogP contribution is -2.34. The molecule has 0 saturated heterocycles. The lowest BCUT2D eigenvalue weighted by atomic mass is 10.0. The van der Waals surface area contributed by atoms with E-state index < -0.39 is 0 Å². The molecule has 1 aromatic carbocycles. The Morgan fingerprint density at radius 2 is 2.06 bits per heavy atom. The first-order valence-corrected chi connectivity index (χ1v) is 6.70. The molecule has 0 bridgehead atoms. The molecule has 2 unspecified atom stereocenters. The van der Waals surface area contributed by atoms with Crippen molar-refractivity contribution in [2.45, 2.75) is 39.5 Å². The third-order valence-corrected chi connectivity index (χ3v) is 4.00. The van der Waals surface area contributed by atoms with E-state index in [0.717, 1.165) is 26.1 Å². The molecule has 1 heterocycles. The number of rotatable bonds is 5. The van der Waals surface area contributed by atoms with Gasteiger partial charge in [0.2, 0.25) is 0 Å². The van der Waals surface area contributed by atoms with E-state index in [4.69, 9.17) is 4.74 Å². The predicted molar refractivity (Wildman–Crippen MR) is 72.5 cm³/mol. The van der Waals surface area contributed by atoms with E-state index in [-0.39, 0.29) is 6.10 Å². The molecule has 2 atom stereocenters. The lowest BCUT2D eigenvalue weighted by Gasteiger charge is -2.26. The number of aromatic hydroxyl groups is 1. The molecule has 0 fully saturated rings. The van der Waals surface area contributed by atoms with Crippen LogP contribution in [0.15, 0.2) is 18.2 Å². The van der Waals surface area contributed by atoms with Gasteiger partial charge in [-0.1, -0.05) is 26.3 Å². The second-order valence-corrected chi connectivity index (χ2v) is 5.28. The Labute approximate surface area is 109 Å². The average Bonchev–Trinajstić information content (AvgIpc) is 2.76. The highest BCUT2D eigenvalue weighted by Crippen LogP contribution is 2.27. The van der Waals surface area contributed by atoms with E-state index in [1.807, 2.05) is 12.1 Å². The van der Waals surface area contributed by atoms with Gasteiger partial charge in [0.25, 0.3) is 0 Å². The Kier molecular flexibility index (Phi) is 4.25. The Bertz CT molecular complexity index is 405.